The van der Waals surface area contributed by atoms with Crippen LogP contribution in [0.1, 0.15) is 12.0 Å². The van der Waals surface area contributed by atoms with Crippen LogP contribution >= 0.6 is 11.8 Å². The number of amides is 2. The molecule has 1 aromatic carbocycles. The lowest BCUT2D eigenvalue weighted by Gasteiger charge is -2.11. The average molecular weight is 323 g/mol. The molecule has 1 heterocycles. The first-order valence-electron chi connectivity index (χ1n) is 6.68. The van der Waals surface area contributed by atoms with E-state index in [1.54, 1.807) is 25.3 Å². The number of phenols is 1. The molecule has 0 aromatic heterocycles. The standard InChI is InChI=1S/C15H17NO5S/c1-20-7-3-6-16-14(18)13(22-15(16)19)9-10-4-5-11(17)12(8-10)21-2/h4-5,8-9,17H,3,6-7H2,1-2H3. The van der Waals surface area contributed by atoms with Gasteiger partial charge in [-0.2, -0.15) is 0 Å². The highest BCUT2D eigenvalue weighted by molar-refractivity contribution is 8.18. The van der Waals surface area contributed by atoms with Crippen molar-refractivity contribution in [1.82, 2.24) is 4.90 Å². The van der Waals surface area contributed by atoms with Crippen molar-refractivity contribution in [2.45, 2.75) is 6.42 Å². The molecule has 118 valence electrons. The lowest BCUT2D eigenvalue weighted by atomic mass is 10.2. The summed E-state index contributed by atoms with van der Waals surface area (Å²) < 4.78 is 9.95. The number of hydrogen-bond donors (Lipinski definition) is 1. The second-order valence-electron chi connectivity index (χ2n) is 4.61. The fourth-order valence-corrected chi connectivity index (χ4v) is 2.86. The zero-order valence-electron chi connectivity index (χ0n) is 12.4. The average Bonchev–Trinajstić information content (AvgIpc) is 2.76. The first-order chi connectivity index (χ1) is 10.6. The summed E-state index contributed by atoms with van der Waals surface area (Å²) in [4.78, 5) is 25.7. The first kappa shape index (κ1) is 16.4. The Hall–Kier alpha value is -1.99. The van der Waals surface area contributed by atoms with Crippen molar-refractivity contribution in [2.24, 2.45) is 0 Å². The lowest BCUT2D eigenvalue weighted by molar-refractivity contribution is -0.122. The van der Waals surface area contributed by atoms with Gasteiger partial charge in [0.1, 0.15) is 0 Å². The maximum Gasteiger partial charge on any atom is 0.293 e. The molecule has 6 nitrogen and oxygen atoms in total. The Kier molecular flexibility index (Phi) is 5.46. The van der Waals surface area contributed by atoms with Crippen molar-refractivity contribution in [3.63, 3.8) is 0 Å². The van der Waals surface area contributed by atoms with Crippen LogP contribution in [0.2, 0.25) is 0 Å². The zero-order chi connectivity index (χ0) is 16.1. The van der Waals surface area contributed by atoms with E-state index in [2.05, 4.69) is 0 Å². The number of rotatable bonds is 6. The Labute approximate surface area is 132 Å². The van der Waals surface area contributed by atoms with Gasteiger partial charge >= 0.3 is 0 Å². The topological polar surface area (TPSA) is 76.1 Å². The van der Waals surface area contributed by atoms with Crippen molar-refractivity contribution in [3.8, 4) is 11.5 Å². The fraction of sp³-hybridized carbons (Fsp3) is 0.333. The zero-order valence-corrected chi connectivity index (χ0v) is 13.2. The van der Waals surface area contributed by atoms with Gasteiger partial charge in [-0.15, -0.1) is 0 Å². The molecule has 2 rings (SSSR count). The van der Waals surface area contributed by atoms with Crippen LogP contribution in [0.15, 0.2) is 23.1 Å². The number of carbonyl (C=O) groups is 2. The summed E-state index contributed by atoms with van der Waals surface area (Å²) in [7, 11) is 3.02. The Morgan fingerprint density at radius 3 is 2.77 bits per heavy atom. The van der Waals surface area contributed by atoms with E-state index >= 15 is 0 Å². The molecule has 0 aliphatic carbocycles. The van der Waals surface area contributed by atoms with Crippen LogP contribution in [0.4, 0.5) is 4.79 Å². The van der Waals surface area contributed by atoms with Gasteiger partial charge < -0.3 is 14.6 Å². The van der Waals surface area contributed by atoms with E-state index in [4.69, 9.17) is 9.47 Å². The molecule has 0 spiro atoms. The van der Waals surface area contributed by atoms with Gasteiger partial charge in [-0.3, -0.25) is 14.5 Å². The van der Waals surface area contributed by atoms with Crippen LogP contribution in [0.3, 0.4) is 0 Å². The molecule has 1 aliphatic rings. The highest BCUT2D eigenvalue weighted by atomic mass is 32.2. The molecule has 1 aliphatic heterocycles. The highest BCUT2D eigenvalue weighted by Crippen LogP contribution is 2.34. The van der Waals surface area contributed by atoms with E-state index < -0.39 is 0 Å². The summed E-state index contributed by atoms with van der Waals surface area (Å²) in [6.07, 6.45) is 2.22. The van der Waals surface area contributed by atoms with Gasteiger partial charge in [-0.1, -0.05) is 6.07 Å². The number of nitrogens with zero attached hydrogens (tertiary/aromatic N) is 1. The molecule has 22 heavy (non-hydrogen) atoms. The molecular weight excluding hydrogens is 306 g/mol. The third-order valence-electron chi connectivity index (χ3n) is 3.11. The van der Waals surface area contributed by atoms with E-state index in [0.29, 0.717) is 35.8 Å². The molecule has 0 bridgehead atoms. The van der Waals surface area contributed by atoms with Crippen molar-refractivity contribution < 1.29 is 24.2 Å². The van der Waals surface area contributed by atoms with Crippen molar-refractivity contribution in [1.29, 1.82) is 0 Å². The first-order valence-corrected chi connectivity index (χ1v) is 7.49. The van der Waals surface area contributed by atoms with Gasteiger partial charge in [0.2, 0.25) is 0 Å². The molecule has 0 atom stereocenters. The van der Waals surface area contributed by atoms with Crippen molar-refractivity contribution in [2.75, 3.05) is 27.4 Å². The summed E-state index contributed by atoms with van der Waals surface area (Å²) in [6.45, 7) is 0.838. The quantitative estimate of drug-likeness (QED) is 0.640. The van der Waals surface area contributed by atoms with Crippen LogP contribution in [0, 0.1) is 0 Å². The molecule has 2 amide bonds. The maximum absolute atomic E-state index is 12.2. The van der Waals surface area contributed by atoms with Crippen LogP contribution in [0.25, 0.3) is 6.08 Å². The minimum atomic E-state index is -0.307. The summed E-state index contributed by atoms with van der Waals surface area (Å²) in [5.41, 5.74) is 0.678. The molecule has 1 saturated heterocycles. The summed E-state index contributed by atoms with van der Waals surface area (Å²) in [5.74, 6) is 0.0264. The summed E-state index contributed by atoms with van der Waals surface area (Å²) in [5, 5.41) is 9.28. The number of carbonyl (C=O) groups excluding carboxylic acids is 2. The third kappa shape index (κ3) is 3.61. The molecular formula is C15H17NO5S. The van der Waals surface area contributed by atoms with Gasteiger partial charge in [0.15, 0.2) is 11.5 Å². The Morgan fingerprint density at radius 1 is 1.32 bits per heavy atom. The molecule has 0 unspecified atom stereocenters. The molecule has 0 radical (unpaired) electrons. The predicted molar refractivity (Wildman–Crippen MR) is 83.8 cm³/mol. The number of thioether (sulfide) groups is 1. The summed E-state index contributed by atoms with van der Waals surface area (Å²) in [6, 6.07) is 4.73. The minimum Gasteiger partial charge on any atom is -0.504 e. The van der Waals surface area contributed by atoms with E-state index in [1.165, 1.54) is 18.1 Å². The molecule has 7 heteroatoms. The van der Waals surface area contributed by atoms with Gasteiger partial charge in [0.05, 0.1) is 12.0 Å². The predicted octanol–water partition coefficient (Wildman–Crippen LogP) is 2.47. The number of benzene rings is 1. The Morgan fingerprint density at radius 2 is 2.09 bits per heavy atom. The molecule has 1 fully saturated rings. The smallest absolute Gasteiger partial charge is 0.293 e. The molecule has 1 N–H and O–H groups in total. The number of hydrogen-bond acceptors (Lipinski definition) is 6. The van der Waals surface area contributed by atoms with Gasteiger partial charge in [0, 0.05) is 20.3 Å². The largest absolute Gasteiger partial charge is 0.504 e. The fourth-order valence-electron chi connectivity index (χ4n) is 2.00. The number of methoxy groups -OCH3 is 2. The number of aromatic hydroxyl groups is 1. The summed E-state index contributed by atoms with van der Waals surface area (Å²) >= 11 is 0.907. The van der Waals surface area contributed by atoms with Gasteiger partial charge in [-0.25, -0.2) is 0 Å². The highest BCUT2D eigenvalue weighted by Gasteiger charge is 2.34. The SMILES string of the molecule is COCCCN1C(=O)SC(=Cc2ccc(O)c(OC)c2)C1=O. The van der Waals surface area contributed by atoms with Gasteiger partial charge in [-0.05, 0) is 42.0 Å². The monoisotopic (exact) mass is 323 g/mol. The lowest BCUT2D eigenvalue weighted by Crippen LogP contribution is -2.29. The van der Waals surface area contributed by atoms with Gasteiger partial charge in [0.25, 0.3) is 11.1 Å². The van der Waals surface area contributed by atoms with Crippen molar-refractivity contribution in [3.05, 3.63) is 28.7 Å². The van der Waals surface area contributed by atoms with E-state index in [0.717, 1.165) is 11.8 Å². The Balaban J connectivity index is 2.15. The van der Waals surface area contributed by atoms with Crippen LogP contribution < -0.4 is 4.74 Å². The number of ether oxygens (including phenoxy) is 2. The second-order valence-corrected chi connectivity index (χ2v) is 5.60. The van der Waals surface area contributed by atoms with E-state index in [9.17, 15) is 14.7 Å². The maximum atomic E-state index is 12.2. The third-order valence-corrected chi connectivity index (χ3v) is 4.01. The normalized spacial score (nSPS) is 16.6. The number of phenolic OH excluding ortho intramolecular Hbond substituents is 1. The van der Waals surface area contributed by atoms with E-state index in [-0.39, 0.29) is 16.9 Å². The van der Waals surface area contributed by atoms with Crippen molar-refractivity contribution >= 4 is 29.0 Å². The Bertz CT molecular complexity index is 614. The number of imide groups is 1. The molecule has 1 aromatic rings. The van der Waals surface area contributed by atoms with Crippen LogP contribution in [0.5, 0.6) is 11.5 Å². The van der Waals surface area contributed by atoms with Crippen LogP contribution in [-0.4, -0.2) is 48.5 Å². The van der Waals surface area contributed by atoms with E-state index in [1.807, 2.05) is 0 Å². The second kappa shape index (κ2) is 7.33. The molecule has 0 saturated carbocycles. The van der Waals surface area contributed by atoms with Crippen LogP contribution in [-0.2, 0) is 9.53 Å². The minimum absolute atomic E-state index is 0.0207.